The van der Waals surface area contributed by atoms with Gasteiger partial charge in [-0.1, -0.05) is 30.3 Å². The van der Waals surface area contributed by atoms with Crippen molar-refractivity contribution in [2.45, 2.75) is 26.2 Å². The fourth-order valence-electron chi connectivity index (χ4n) is 2.56. The average Bonchev–Trinajstić information content (AvgIpc) is 2.68. The van der Waals surface area contributed by atoms with Crippen molar-refractivity contribution in [3.05, 3.63) is 47.4 Å². The molecule has 0 amide bonds. The molecule has 0 fully saturated rings. The van der Waals surface area contributed by atoms with E-state index in [0.29, 0.717) is 6.42 Å². The lowest BCUT2D eigenvalue weighted by Crippen LogP contribution is -2.09. The van der Waals surface area contributed by atoms with E-state index < -0.39 is 0 Å². The van der Waals surface area contributed by atoms with Crippen molar-refractivity contribution >= 4 is 5.78 Å². The number of rotatable bonds is 1. The van der Waals surface area contributed by atoms with Crippen molar-refractivity contribution in [1.29, 1.82) is 0 Å². The highest BCUT2D eigenvalue weighted by atomic mass is 16.3. The van der Waals surface area contributed by atoms with E-state index in [-0.39, 0.29) is 5.78 Å². The smallest absolute Gasteiger partial charge is 0.167 e. The molecule has 0 unspecified atom stereocenters. The highest BCUT2D eigenvalue weighted by Crippen LogP contribution is 2.36. The summed E-state index contributed by atoms with van der Waals surface area (Å²) in [6.45, 7) is 1.94. The number of hydrogen-bond acceptors (Lipinski definition) is 2. The van der Waals surface area contributed by atoms with Gasteiger partial charge in [-0.2, -0.15) is 0 Å². The molecule has 0 aliphatic heterocycles. The van der Waals surface area contributed by atoms with E-state index in [1.165, 1.54) is 0 Å². The van der Waals surface area contributed by atoms with Crippen LogP contribution in [0, 0.1) is 6.92 Å². The average molecular weight is 226 g/mol. The van der Waals surface area contributed by atoms with Crippen LogP contribution in [0.2, 0.25) is 0 Å². The van der Waals surface area contributed by atoms with Gasteiger partial charge >= 0.3 is 0 Å². The molecule has 1 aliphatic carbocycles. The third kappa shape index (κ3) is 1.60. The summed E-state index contributed by atoms with van der Waals surface area (Å²) in [6.07, 6.45) is 2.44. The SMILES string of the molecule is Cc1oc2c(c1-c1ccccc1)C(=O)CCC2. The van der Waals surface area contributed by atoms with E-state index in [9.17, 15) is 4.79 Å². The Kier molecular flexibility index (Phi) is 2.36. The fourth-order valence-corrected chi connectivity index (χ4v) is 2.56. The molecule has 86 valence electrons. The second-order valence-electron chi connectivity index (χ2n) is 4.47. The maximum atomic E-state index is 12.0. The summed E-state index contributed by atoms with van der Waals surface area (Å²) in [5, 5.41) is 0. The molecule has 2 aromatic rings. The first kappa shape index (κ1) is 10.3. The summed E-state index contributed by atoms with van der Waals surface area (Å²) < 4.78 is 5.74. The van der Waals surface area contributed by atoms with Crippen LogP contribution in [0.1, 0.15) is 34.7 Å². The van der Waals surface area contributed by atoms with Crippen LogP contribution >= 0.6 is 0 Å². The van der Waals surface area contributed by atoms with Crippen LogP contribution in [0.15, 0.2) is 34.7 Å². The molecule has 3 rings (SSSR count). The Bertz CT molecular complexity index is 564. The zero-order chi connectivity index (χ0) is 11.8. The van der Waals surface area contributed by atoms with E-state index in [4.69, 9.17) is 4.42 Å². The Hall–Kier alpha value is -1.83. The van der Waals surface area contributed by atoms with Crippen molar-refractivity contribution in [2.75, 3.05) is 0 Å². The quantitative estimate of drug-likeness (QED) is 0.740. The third-order valence-electron chi connectivity index (χ3n) is 3.31. The molecule has 2 heteroatoms. The van der Waals surface area contributed by atoms with Gasteiger partial charge < -0.3 is 4.42 Å². The van der Waals surface area contributed by atoms with Crippen LogP contribution in [0.3, 0.4) is 0 Å². The zero-order valence-corrected chi connectivity index (χ0v) is 9.82. The zero-order valence-electron chi connectivity index (χ0n) is 9.82. The molecule has 0 spiro atoms. The van der Waals surface area contributed by atoms with E-state index in [0.717, 1.165) is 41.1 Å². The number of fused-ring (bicyclic) bond motifs is 1. The monoisotopic (exact) mass is 226 g/mol. The summed E-state index contributed by atoms with van der Waals surface area (Å²) in [5.41, 5.74) is 2.88. The maximum absolute atomic E-state index is 12.0. The minimum atomic E-state index is 0.224. The van der Waals surface area contributed by atoms with Crippen LogP contribution in [0.25, 0.3) is 11.1 Å². The first-order chi connectivity index (χ1) is 8.27. The number of carbonyl (C=O) groups excluding carboxylic acids is 1. The van der Waals surface area contributed by atoms with E-state index in [2.05, 4.69) is 0 Å². The highest BCUT2D eigenvalue weighted by Gasteiger charge is 2.27. The molecule has 1 aromatic heterocycles. The predicted molar refractivity (Wildman–Crippen MR) is 66.1 cm³/mol. The minimum Gasteiger partial charge on any atom is -0.465 e. The molecule has 1 aromatic carbocycles. The third-order valence-corrected chi connectivity index (χ3v) is 3.31. The first-order valence-electron chi connectivity index (χ1n) is 5.98. The van der Waals surface area contributed by atoms with Crippen LogP contribution in [0.5, 0.6) is 0 Å². The number of benzene rings is 1. The molecule has 0 radical (unpaired) electrons. The second-order valence-corrected chi connectivity index (χ2v) is 4.47. The van der Waals surface area contributed by atoms with Crippen molar-refractivity contribution < 1.29 is 9.21 Å². The Labute approximate surface area is 100 Å². The van der Waals surface area contributed by atoms with Gasteiger partial charge in [0.25, 0.3) is 0 Å². The van der Waals surface area contributed by atoms with Gasteiger partial charge in [-0.3, -0.25) is 4.79 Å². The molecule has 0 saturated heterocycles. The number of hydrogen-bond donors (Lipinski definition) is 0. The van der Waals surface area contributed by atoms with Gasteiger partial charge in [0.05, 0.1) is 5.56 Å². The van der Waals surface area contributed by atoms with Crippen LogP contribution < -0.4 is 0 Å². The van der Waals surface area contributed by atoms with Crippen LogP contribution in [0.4, 0.5) is 0 Å². The lowest BCUT2D eigenvalue weighted by Gasteiger charge is -2.10. The molecular weight excluding hydrogens is 212 g/mol. The number of furan rings is 1. The van der Waals surface area contributed by atoms with Gasteiger partial charge in [-0.15, -0.1) is 0 Å². The molecule has 0 saturated carbocycles. The second kappa shape index (κ2) is 3.88. The molecule has 1 aliphatic rings. The van der Waals surface area contributed by atoms with Gasteiger partial charge in [0.1, 0.15) is 11.5 Å². The topological polar surface area (TPSA) is 30.2 Å². The number of carbonyl (C=O) groups is 1. The number of ketones is 1. The summed E-state index contributed by atoms with van der Waals surface area (Å²) in [7, 11) is 0. The molecule has 0 N–H and O–H groups in total. The molecule has 2 nitrogen and oxygen atoms in total. The van der Waals surface area contributed by atoms with Crippen LogP contribution in [-0.4, -0.2) is 5.78 Å². The summed E-state index contributed by atoms with van der Waals surface area (Å²) in [6, 6.07) is 10.0. The van der Waals surface area contributed by atoms with Crippen LogP contribution in [-0.2, 0) is 6.42 Å². The Balaban J connectivity index is 2.24. The van der Waals surface area contributed by atoms with Gasteiger partial charge in [-0.05, 0) is 18.9 Å². The molecule has 17 heavy (non-hydrogen) atoms. The molecule has 0 atom stereocenters. The lowest BCUT2D eigenvalue weighted by atomic mass is 9.90. The minimum absolute atomic E-state index is 0.224. The van der Waals surface area contributed by atoms with Gasteiger partial charge in [-0.25, -0.2) is 0 Å². The predicted octanol–water partition coefficient (Wildman–Crippen LogP) is 3.77. The standard InChI is InChI=1S/C15H14O2/c1-10-14(11-6-3-2-4-7-11)15-12(16)8-5-9-13(15)17-10/h2-4,6-7H,5,8-9H2,1H3. The largest absolute Gasteiger partial charge is 0.465 e. The number of Topliss-reactive ketones (excluding diaryl/α,β-unsaturated/α-hetero) is 1. The Morgan fingerprint density at radius 2 is 1.82 bits per heavy atom. The van der Waals surface area contributed by atoms with Crippen molar-refractivity contribution in [2.24, 2.45) is 0 Å². The van der Waals surface area contributed by atoms with Crippen molar-refractivity contribution in [3.8, 4) is 11.1 Å². The molecule has 1 heterocycles. The van der Waals surface area contributed by atoms with E-state index in [1.807, 2.05) is 37.3 Å². The Morgan fingerprint density at radius 3 is 2.59 bits per heavy atom. The highest BCUT2D eigenvalue weighted by molar-refractivity contribution is 6.04. The first-order valence-corrected chi connectivity index (χ1v) is 5.98. The Morgan fingerprint density at radius 1 is 1.06 bits per heavy atom. The van der Waals surface area contributed by atoms with Gasteiger partial charge in [0, 0.05) is 18.4 Å². The molecular formula is C15H14O2. The van der Waals surface area contributed by atoms with E-state index >= 15 is 0 Å². The summed E-state index contributed by atoms with van der Waals surface area (Å²) in [5.74, 6) is 1.95. The van der Waals surface area contributed by atoms with Crippen molar-refractivity contribution in [1.82, 2.24) is 0 Å². The number of aryl methyl sites for hydroxylation is 2. The van der Waals surface area contributed by atoms with Crippen molar-refractivity contribution in [3.63, 3.8) is 0 Å². The molecule has 0 bridgehead atoms. The van der Waals surface area contributed by atoms with Gasteiger partial charge in [0.2, 0.25) is 0 Å². The maximum Gasteiger partial charge on any atom is 0.167 e. The summed E-state index contributed by atoms with van der Waals surface area (Å²) >= 11 is 0. The van der Waals surface area contributed by atoms with E-state index in [1.54, 1.807) is 0 Å². The summed E-state index contributed by atoms with van der Waals surface area (Å²) in [4.78, 5) is 12.0. The fraction of sp³-hybridized carbons (Fsp3) is 0.267. The van der Waals surface area contributed by atoms with Gasteiger partial charge in [0.15, 0.2) is 5.78 Å². The normalized spacial score (nSPS) is 14.8. The lowest BCUT2D eigenvalue weighted by molar-refractivity contribution is 0.0970.